The zero-order valence-electron chi connectivity index (χ0n) is 8.61. The molecule has 0 amide bonds. The third-order valence-corrected chi connectivity index (χ3v) is 3.55. The van der Waals surface area contributed by atoms with E-state index in [0.717, 1.165) is 37.0 Å². The van der Waals surface area contributed by atoms with Crippen LogP contribution < -0.4 is 5.32 Å². The standard InChI is InChI=1S/C10H15N3OS/c1-2-8(1)11-10-12-9(13-15-10)5-7-3-4-14-6-7/h7-8H,1-6H2,(H,11,12,13). The van der Waals surface area contributed by atoms with Gasteiger partial charge in [0.15, 0.2) is 0 Å². The number of ether oxygens (including phenoxy) is 1. The molecule has 1 aromatic heterocycles. The average Bonchev–Trinajstić information content (AvgIpc) is 2.74. The molecule has 1 aliphatic heterocycles. The molecule has 15 heavy (non-hydrogen) atoms. The van der Waals surface area contributed by atoms with Gasteiger partial charge < -0.3 is 10.1 Å². The molecule has 2 aliphatic rings. The van der Waals surface area contributed by atoms with Crippen molar-refractivity contribution >= 4 is 16.7 Å². The molecule has 0 aromatic carbocycles. The molecule has 82 valence electrons. The Morgan fingerprint density at radius 3 is 3.07 bits per heavy atom. The molecule has 1 N–H and O–H groups in total. The molecule has 1 saturated heterocycles. The highest BCUT2D eigenvalue weighted by Gasteiger charge is 2.23. The fourth-order valence-electron chi connectivity index (χ4n) is 1.80. The Morgan fingerprint density at radius 2 is 2.33 bits per heavy atom. The summed E-state index contributed by atoms with van der Waals surface area (Å²) in [6.45, 7) is 1.78. The lowest BCUT2D eigenvalue weighted by Crippen LogP contribution is -2.05. The van der Waals surface area contributed by atoms with E-state index in [9.17, 15) is 0 Å². The second kappa shape index (κ2) is 4.06. The molecular formula is C10H15N3OS. The minimum absolute atomic E-state index is 0.633. The summed E-state index contributed by atoms with van der Waals surface area (Å²) in [5.41, 5.74) is 0. The van der Waals surface area contributed by atoms with E-state index in [2.05, 4.69) is 14.7 Å². The molecule has 0 bridgehead atoms. The van der Waals surface area contributed by atoms with E-state index in [-0.39, 0.29) is 0 Å². The topological polar surface area (TPSA) is 47.0 Å². The summed E-state index contributed by atoms with van der Waals surface area (Å²) < 4.78 is 9.72. The number of nitrogens with zero attached hydrogens (tertiary/aromatic N) is 2. The maximum absolute atomic E-state index is 5.34. The van der Waals surface area contributed by atoms with Gasteiger partial charge in [-0.05, 0) is 25.2 Å². The van der Waals surface area contributed by atoms with Gasteiger partial charge in [-0.3, -0.25) is 0 Å². The Morgan fingerprint density at radius 1 is 1.40 bits per heavy atom. The maximum atomic E-state index is 5.34. The quantitative estimate of drug-likeness (QED) is 0.847. The van der Waals surface area contributed by atoms with E-state index in [1.807, 2.05) is 0 Å². The van der Waals surface area contributed by atoms with E-state index in [4.69, 9.17) is 4.74 Å². The van der Waals surface area contributed by atoms with Crippen LogP contribution in [0.25, 0.3) is 0 Å². The van der Waals surface area contributed by atoms with Crippen LogP contribution in [0.3, 0.4) is 0 Å². The highest BCUT2D eigenvalue weighted by atomic mass is 32.1. The fraction of sp³-hybridized carbons (Fsp3) is 0.800. The summed E-state index contributed by atoms with van der Waals surface area (Å²) in [5.74, 6) is 1.62. The highest BCUT2D eigenvalue weighted by molar-refractivity contribution is 7.09. The number of hydrogen-bond donors (Lipinski definition) is 1. The molecule has 1 unspecified atom stereocenters. The minimum atomic E-state index is 0.633. The monoisotopic (exact) mass is 225 g/mol. The predicted octanol–water partition coefficient (Wildman–Crippen LogP) is 1.69. The van der Waals surface area contributed by atoms with E-state index >= 15 is 0 Å². The number of aromatic nitrogens is 2. The SMILES string of the molecule is C1CC(Cc2nsc(NC3CC3)n2)CO1. The second-order valence-corrected chi connectivity index (χ2v) is 5.12. The van der Waals surface area contributed by atoms with Crippen LogP contribution in [-0.4, -0.2) is 28.6 Å². The van der Waals surface area contributed by atoms with E-state index in [1.54, 1.807) is 0 Å². The highest BCUT2D eigenvalue weighted by Crippen LogP contribution is 2.26. The van der Waals surface area contributed by atoms with E-state index in [0.29, 0.717) is 12.0 Å². The van der Waals surface area contributed by atoms with Crippen LogP contribution in [0, 0.1) is 5.92 Å². The summed E-state index contributed by atoms with van der Waals surface area (Å²) in [4.78, 5) is 4.49. The Bertz CT molecular complexity index is 331. The van der Waals surface area contributed by atoms with Gasteiger partial charge in [0.2, 0.25) is 5.13 Å². The Balaban J connectivity index is 1.57. The molecule has 4 nitrogen and oxygen atoms in total. The third kappa shape index (κ3) is 2.46. The molecule has 0 spiro atoms. The van der Waals surface area contributed by atoms with Gasteiger partial charge in [-0.1, -0.05) is 0 Å². The van der Waals surface area contributed by atoms with Crippen molar-refractivity contribution in [2.24, 2.45) is 5.92 Å². The Labute approximate surface area is 93.2 Å². The lowest BCUT2D eigenvalue weighted by atomic mass is 10.1. The number of nitrogens with one attached hydrogen (secondary N) is 1. The van der Waals surface area contributed by atoms with Gasteiger partial charge in [0, 0.05) is 37.2 Å². The molecule has 1 aromatic rings. The summed E-state index contributed by atoms with van der Waals surface area (Å²) in [7, 11) is 0. The van der Waals surface area contributed by atoms with Crippen LogP contribution in [0.1, 0.15) is 25.1 Å². The smallest absolute Gasteiger partial charge is 0.202 e. The van der Waals surface area contributed by atoms with Crippen molar-refractivity contribution in [3.8, 4) is 0 Å². The van der Waals surface area contributed by atoms with Crippen LogP contribution >= 0.6 is 11.5 Å². The van der Waals surface area contributed by atoms with Gasteiger partial charge in [0.25, 0.3) is 0 Å². The van der Waals surface area contributed by atoms with Crippen molar-refractivity contribution in [1.29, 1.82) is 0 Å². The molecule has 1 saturated carbocycles. The van der Waals surface area contributed by atoms with Crippen molar-refractivity contribution in [2.75, 3.05) is 18.5 Å². The van der Waals surface area contributed by atoms with Crippen molar-refractivity contribution in [3.05, 3.63) is 5.82 Å². The van der Waals surface area contributed by atoms with Crippen LogP contribution in [0.2, 0.25) is 0 Å². The van der Waals surface area contributed by atoms with Gasteiger partial charge >= 0.3 is 0 Å². The number of hydrogen-bond acceptors (Lipinski definition) is 5. The van der Waals surface area contributed by atoms with E-state index < -0.39 is 0 Å². The molecule has 0 radical (unpaired) electrons. The molecule has 1 aliphatic carbocycles. The molecular weight excluding hydrogens is 210 g/mol. The largest absolute Gasteiger partial charge is 0.381 e. The first-order valence-corrected chi connectivity index (χ1v) is 6.34. The first kappa shape index (κ1) is 9.54. The first-order valence-electron chi connectivity index (χ1n) is 5.57. The lowest BCUT2D eigenvalue weighted by Gasteiger charge is -2.02. The number of rotatable bonds is 4. The van der Waals surface area contributed by atoms with Gasteiger partial charge in [-0.25, -0.2) is 4.98 Å². The van der Waals surface area contributed by atoms with Crippen molar-refractivity contribution in [1.82, 2.24) is 9.36 Å². The average molecular weight is 225 g/mol. The Kier molecular flexibility index (Phi) is 2.58. The third-order valence-electron chi connectivity index (χ3n) is 2.87. The fourth-order valence-corrected chi connectivity index (χ4v) is 2.47. The lowest BCUT2D eigenvalue weighted by molar-refractivity contribution is 0.185. The predicted molar refractivity (Wildman–Crippen MR) is 59.2 cm³/mol. The molecule has 2 fully saturated rings. The van der Waals surface area contributed by atoms with Crippen LogP contribution in [0.15, 0.2) is 0 Å². The molecule has 2 heterocycles. The summed E-state index contributed by atoms with van der Waals surface area (Å²) >= 11 is 1.49. The maximum Gasteiger partial charge on any atom is 0.202 e. The van der Waals surface area contributed by atoms with Gasteiger partial charge in [-0.15, -0.1) is 0 Å². The second-order valence-electron chi connectivity index (χ2n) is 4.37. The van der Waals surface area contributed by atoms with Crippen LogP contribution in [-0.2, 0) is 11.2 Å². The first-order chi connectivity index (χ1) is 7.40. The van der Waals surface area contributed by atoms with Gasteiger partial charge in [0.1, 0.15) is 5.82 Å². The minimum Gasteiger partial charge on any atom is -0.381 e. The van der Waals surface area contributed by atoms with Crippen molar-refractivity contribution in [2.45, 2.75) is 31.7 Å². The normalized spacial score (nSPS) is 25.7. The van der Waals surface area contributed by atoms with Crippen molar-refractivity contribution < 1.29 is 4.74 Å². The van der Waals surface area contributed by atoms with Gasteiger partial charge in [0.05, 0.1) is 0 Å². The zero-order valence-corrected chi connectivity index (χ0v) is 9.42. The van der Waals surface area contributed by atoms with E-state index in [1.165, 1.54) is 24.4 Å². The molecule has 3 rings (SSSR count). The molecule has 1 atom stereocenters. The summed E-state index contributed by atoms with van der Waals surface area (Å²) in [6, 6.07) is 0.667. The summed E-state index contributed by atoms with van der Waals surface area (Å²) in [5, 5.41) is 4.37. The van der Waals surface area contributed by atoms with Crippen LogP contribution in [0.5, 0.6) is 0 Å². The van der Waals surface area contributed by atoms with Crippen LogP contribution in [0.4, 0.5) is 5.13 Å². The Hall–Kier alpha value is -0.680. The zero-order chi connectivity index (χ0) is 10.1. The molecule has 5 heteroatoms. The summed E-state index contributed by atoms with van der Waals surface area (Å²) in [6.07, 6.45) is 4.70. The van der Waals surface area contributed by atoms with Crippen molar-refractivity contribution in [3.63, 3.8) is 0 Å². The van der Waals surface area contributed by atoms with Gasteiger partial charge in [-0.2, -0.15) is 4.37 Å². The number of anilines is 1.